The Balaban J connectivity index is 0.00000361. The van der Waals surface area contributed by atoms with Crippen molar-refractivity contribution < 1.29 is 13.2 Å². The van der Waals surface area contributed by atoms with Gasteiger partial charge in [-0.25, -0.2) is 9.97 Å². The highest BCUT2D eigenvalue weighted by Crippen LogP contribution is 2.30. The number of rotatable bonds is 10. The van der Waals surface area contributed by atoms with Gasteiger partial charge in [0.2, 0.25) is 11.7 Å². The number of nitrogens with two attached hydrogens (primary N) is 1. The van der Waals surface area contributed by atoms with Gasteiger partial charge in [-0.1, -0.05) is 13.8 Å². The summed E-state index contributed by atoms with van der Waals surface area (Å²) in [6, 6.07) is 6.87. The molecule has 196 valence electrons. The van der Waals surface area contributed by atoms with Crippen molar-refractivity contribution in [2.75, 3.05) is 36.3 Å². The molecule has 1 saturated heterocycles. The van der Waals surface area contributed by atoms with E-state index >= 15 is 0 Å². The van der Waals surface area contributed by atoms with Crippen molar-refractivity contribution in [1.82, 2.24) is 34.5 Å². The lowest BCUT2D eigenvalue weighted by atomic mass is 9.86. The van der Waals surface area contributed by atoms with Gasteiger partial charge in [0.05, 0.1) is 18.8 Å². The maximum atomic E-state index is 13.0. The summed E-state index contributed by atoms with van der Waals surface area (Å²) in [7, 11) is -3.59. The summed E-state index contributed by atoms with van der Waals surface area (Å²) in [4.78, 5) is 9.79. The van der Waals surface area contributed by atoms with E-state index in [1.54, 1.807) is 24.4 Å². The second-order valence-corrected chi connectivity index (χ2v) is 11.0. The van der Waals surface area contributed by atoms with Crippen LogP contribution in [0.2, 0.25) is 0 Å². The number of tetrazole rings is 1. The van der Waals surface area contributed by atoms with E-state index in [0.29, 0.717) is 62.4 Å². The lowest BCUT2D eigenvalue weighted by molar-refractivity contribution is 0.203. The fraction of sp³-hybridized carbons (Fsp3) is 0.500. The van der Waals surface area contributed by atoms with E-state index in [-0.39, 0.29) is 17.8 Å². The molecule has 36 heavy (non-hydrogen) atoms. The largest absolute Gasteiger partial charge is 0.478 e. The maximum absolute atomic E-state index is 13.0. The van der Waals surface area contributed by atoms with Crippen LogP contribution in [0.3, 0.4) is 0 Å². The minimum Gasteiger partial charge on any atom is -0.478 e. The quantitative estimate of drug-likeness (QED) is 0.412. The summed E-state index contributed by atoms with van der Waals surface area (Å²) in [6.07, 6.45) is 4.63. The van der Waals surface area contributed by atoms with Gasteiger partial charge in [-0.2, -0.15) is 17.5 Å². The molecular weight excluding hydrogens is 506 g/mol. The van der Waals surface area contributed by atoms with Crippen LogP contribution in [-0.2, 0) is 16.8 Å². The predicted molar refractivity (Wildman–Crippen MR) is 139 cm³/mol. The third-order valence-corrected chi connectivity index (χ3v) is 7.98. The predicted octanol–water partition coefficient (Wildman–Crippen LogP) is 2.41. The van der Waals surface area contributed by atoms with Crippen LogP contribution >= 0.6 is 12.4 Å². The van der Waals surface area contributed by atoms with E-state index in [1.807, 2.05) is 13.0 Å². The van der Waals surface area contributed by atoms with E-state index in [1.165, 1.54) is 19.6 Å². The maximum Gasteiger partial charge on any atom is 0.304 e. The molecule has 3 aromatic rings. The number of hydrogen-bond donors (Lipinski definition) is 1. The molecule has 1 aliphatic rings. The van der Waals surface area contributed by atoms with Gasteiger partial charge < -0.3 is 10.5 Å². The Hall–Kier alpha value is -3.03. The van der Waals surface area contributed by atoms with E-state index in [2.05, 4.69) is 39.2 Å². The summed E-state index contributed by atoms with van der Waals surface area (Å²) in [5, 5.41) is 12.2. The van der Waals surface area contributed by atoms with Gasteiger partial charge in [-0.05, 0) is 42.5 Å². The molecule has 4 heterocycles. The lowest BCUT2D eigenvalue weighted by Gasteiger charge is -2.27. The number of pyridine rings is 2. The molecular formula is C22H32ClN9O3S. The number of nitrogen functional groups attached to an aromatic ring is 1. The SMILES string of the molecule is CCn1nnc(-c2ccc(OCCC(C)(C)CCN3CCN(c4ccnc(N)c4)S3(=O)=O)nc2)n1.Cl. The number of halogens is 1. The van der Waals surface area contributed by atoms with E-state index in [4.69, 9.17) is 10.5 Å². The second kappa shape index (κ2) is 11.4. The van der Waals surface area contributed by atoms with Crippen molar-refractivity contribution in [3.63, 3.8) is 0 Å². The Morgan fingerprint density at radius 1 is 1.14 bits per heavy atom. The zero-order chi connectivity index (χ0) is 25.1. The number of aromatic nitrogens is 6. The molecule has 4 rings (SSSR count). The van der Waals surface area contributed by atoms with Crippen LogP contribution < -0.4 is 14.8 Å². The lowest BCUT2D eigenvalue weighted by Crippen LogP contribution is -2.35. The molecule has 0 bridgehead atoms. The summed E-state index contributed by atoms with van der Waals surface area (Å²) in [5.41, 5.74) is 6.91. The normalized spacial score (nSPS) is 15.6. The van der Waals surface area contributed by atoms with Gasteiger partial charge in [0.1, 0.15) is 5.82 Å². The monoisotopic (exact) mass is 537 g/mol. The Morgan fingerprint density at radius 3 is 2.61 bits per heavy atom. The molecule has 1 fully saturated rings. The molecule has 0 radical (unpaired) electrons. The molecule has 14 heteroatoms. The smallest absolute Gasteiger partial charge is 0.304 e. The minimum atomic E-state index is -3.59. The van der Waals surface area contributed by atoms with Gasteiger partial charge in [0, 0.05) is 49.7 Å². The Kier molecular flexibility index (Phi) is 8.69. The van der Waals surface area contributed by atoms with E-state index in [0.717, 1.165) is 12.0 Å². The molecule has 0 atom stereocenters. The van der Waals surface area contributed by atoms with Gasteiger partial charge in [-0.3, -0.25) is 4.31 Å². The Bertz CT molecular complexity index is 1250. The van der Waals surface area contributed by atoms with Crippen molar-refractivity contribution in [1.29, 1.82) is 0 Å². The fourth-order valence-corrected chi connectivity index (χ4v) is 5.33. The standard InChI is InChI=1S/C22H31N9O3S.ClH/c1-4-31-27-21(26-28-31)17-5-6-20(25-16-17)34-14-9-22(2,3)8-11-29-12-13-30(35(29,32)33)18-7-10-24-19(23)15-18;/h5-7,10,15-16H,4,8-9,11-14H2,1-3H3,(H2,23,24);1H. The van der Waals surface area contributed by atoms with Crippen molar-refractivity contribution in [3.05, 3.63) is 36.7 Å². The van der Waals surface area contributed by atoms with Gasteiger partial charge in [0.25, 0.3) is 0 Å². The zero-order valence-electron chi connectivity index (χ0n) is 20.6. The topological polar surface area (TPSA) is 145 Å². The van der Waals surface area contributed by atoms with Crippen LogP contribution in [0.25, 0.3) is 11.4 Å². The third-order valence-electron chi connectivity index (χ3n) is 6.01. The number of hydrogen-bond acceptors (Lipinski definition) is 9. The minimum absolute atomic E-state index is 0. The van der Waals surface area contributed by atoms with Crippen LogP contribution in [0.5, 0.6) is 5.88 Å². The van der Waals surface area contributed by atoms with Crippen LogP contribution in [0.1, 0.15) is 33.6 Å². The summed E-state index contributed by atoms with van der Waals surface area (Å²) in [5.74, 6) is 1.33. The molecule has 0 aromatic carbocycles. The summed E-state index contributed by atoms with van der Waals surface area (Å²) >= 11 is 0. The summed E-state index contributed by atoms with van der Waals surface area (Å²) < 4.78 is 34.8. The average Bonchev–Trinajstić information content (AvgIpc) is 3.42. The molecule has 1 aliphatic heterocycles. The summed E-state index contributed by atoms with van der Waals surface area (Å²) in [6.45, 7) is 8.55. The Labute approximate surface area is 217 Å². The van der Waals surface area contributed by atoms with E-state index in [9.17, 15) is 8.42 Å². The number of aryl methyl sites for hydroxylation is 1. The molecule has 0 aliphatic carbocycles. The molecule has 3 aromatic heterocycles. The van der Waals surface area contributed by atoms with Crippen LogP contribution in [-0.4, -0.2) is 69.1 Å². The number of ether oxygens (including phenoxy) is 1. The highest BCUT2D eigenvalue weighted by atomic mass is 35.5. The van der Waals surface area contributed by atoms with E-state index < -0.39 is 10.2 Å². The highest BCUT2D eigenvalue weighted by Gasteiger charge is 2.37. The van der Waals surface area contributed by atoms with Gasteiger partial charge in [-0.15, -0.1) is 22.6 Å². The van der Waals surface area contributed by atoms with Crippen molar-refractivity contribution in [2.45, 2.75) is 40.2 Å². The number of anilines is 2. The Morgan fingerprint density at radius 2 is 1.94 bits per heavy atom. The molecule has 0 unspecified atom stereocenters. The second-order valence-electron chi connectivity index (χ2n) is 9.12. The van der Waals surface area contributed by atoms with Crippen LogP contribution in [0.15, 0.2) is 36.7 Å². The first-order chi connectivity index (χ1) is 16.7. The van der Waals surface area contributed by atoms with Crippen molar-refractivity contribution in [3.8, 4) is 17.3 Å². The highest BCUT2D eigenvalue weighted by molar-refractivity contribution is 7.90. The first-order valence-electron chi connectivity index (χ1n) is 11.5. The average molecular weight is 538 g/mol. The third kappa shape index (κ3) is 6.39. The van der Waals surface area contributed by atoms with Gasteiger partial charge in [0.15, 0.2) is 0 Å². The van der Waals surface area contributed by atoms with Crippen LogP contribution in [0, 0.1) is 5.41 Å². The van der Waals surface area contributed by atoms with Crippen molar-refractivity contribution in [2.24, 2.45) is 5.41 Å². The van der Waals surface area contributed by atoms with Gasteiger partial charge >= 0.3 is 10.2 Å². The number of nitrogens with zero attached hydrogens (tertiary/aromatic N) is 8. The molecule has 0 saturated carbocycles. The molecule has 12 nitrogen and oxygen atoms in total. The first-order valence-corrected chi connectivity index (χ1v) is 12.9. The zero-order valence-corrected chi connectivity index (χ0v) is 22.2. The first kappa shape index (κ1) is 27.6. The van der Waals surface area contributed by atoms with Crippen LogP contribution in [0.4, 0.5) is 11.5 Å². The fourth-order valence-electron chi connectivity index (χ4n) is 3.73. The molecule has 0 spiro atoms. The molecule has 0 amide bonds. The van der Waals surface area contributed by atoms with Crippen molar-refractivity contribution >= 4 is 34.1 Å². The molecule has 2 N–H and O–H groups in total.